The number of hydrogen-bond acceptors (Lipinski definition) is 0. The lowest BCUT2D eigenvalue weighted by Crippen LogP contribution is -2.31. The molecular formula is C17H16N+. The summed E-state index contributed by atoms with van der Waals surface area (Å²) in [6.45, 7) is 5.44. The fraction of sp³-hybridized carbons (Fsp3) is 0.235. The highest BCUT2D eigenvalue weighted by molar-refractivity contribution is 5.65. The van der Waals surface area contributed by atoms with E-state index in [-0.39, 0.29) is 5.41 Å². The van der Waals surface area contributed by atoms with Crippen LogP contribution in [-0.2, 0) is 12.0 Å². The van der Waals surface area contributed by atoms with Crippen LogP contribution in [0.25, 0.3) is 11.3 Å². The third-order valence-corrected chi connectivity index (χ3v) is 4.20. The molecule has 0 spiro atoms. The van der Waals surface area contributed by atoms with Crippen LogP contribution in [0.2, 0.25) is 0 Å². The summed E-state index contributed by atoms with van der Waals surface area (Å²) in [7, 11) is 0. The summed E-state index contributed by atoms with van der Waals surface area (Å²) < 4.78 is 2.34. The van der Waals surface area contributed by atoms with Crippen LogP contribution < -0.4 is 4.57 Å². The Morgan fingerprint density at radius 2 is 1.94 bits per heavy atom. The normalized spacial score (nSPS) is 17.4. The van der Waals surface area contributed by atoms with Crippen LogP contribution in [0.1, 0.15) is 23.6 Å². The van der Waals surface area contributed by atoms with Gasteiger partial charge in [0.2, 0.25) is 5.69 Å². The van der Waals surface area contributed by atoms with Gasteiger partial charge in [0, 0.05) is 23.1 Å². The van der Waals surface area contributed by atoms with Gasteiger partial charge in [-0.3, -0.25) is 0 Å². The van der Waals surface area contributed by atoms with E-state index in [1.807, 2.05) is 0 Å². The Hall–Kier alpha value is -1.89. The van der Waals surface area contributed by atoms with E-state index in [9.17, 15) is 0 Å². The van der Waals surface area contributed by atoms with Crippen molar-refractivity contribution < 1.29 is 4.57 Å². The number of benzene rings is 1. The van der Waals surface area contributed by atoms with Crippen molar-refractivity contribution in [2.75, 3.05) is 0 Å². The van der Waals surface area contributed by atoms with Crippen LogP contribution in [0.4, 0.5) is 0 Å². The smallest absolute Gasteiger partial charge is 0.194 e. The molecule has 0 bridgehead atoms. The van der Waals surface area contributed by atoms with Crippen molar-refractivity contribution in [3.63, 3.8) is 0 Å². The summed E-state index contributed by atoms with van der Waals surface area (Å²) in [5, 5.41) is 0. The van der Waals surface area contributed by atoms with Gasteiger partial charge in [-0.25, -0.2) is 0 Å². The Morgan fingerprint density at radius 3 is 2.72 bits per heavy atom. The van der Waals surface area contributed by atoms with Gasteiger partial charge < -0.3 is 0 Å². The third kappa shape index (κ3) is 1.30. The van der Waals surface area contributed by atoms with Crippen LogP contribution in [0, 0.1) is 6.92 Å². The largest absolute Gasteiger partial charge is 0.213 e. The van der Waals surface area contributed by atoms with E-state index in [1.165, 1.54) is 27.9 Å². The lowest BCUT2D eigenvalue weighted by Gasteiger charge is -2.10. The minimum absolute atomic E-state index is 0.227. The molecule has 0 unspecified atom stereocenters. The first-order valence-electron chi connectivity index (χ1n) is 6.50. The average molecular weight is 234 g/mol. The summed E-state index contributed by atoms with van der Waals surface area (Å²) in [5.74, 6) is 0. The van der Waals surface area contributed by atoms with E-state index in [0.29, 0.717) is 0 Å². The van der Waals surface area contributed by atoms with Crippen LogP contribution >= 0.6 is 0 Å². The lowest BCUT2D eigenvalue weighted by atomic mass is 9.92. The molecule has 0 radical (unpaired) electrons. The molecule has 0 saturated heterocycles. The molecule has 2 heterocycles. The summed E-state index contributed by atoms with van der Waals surface area (Å²) in [6.07, 6.45) is 6.74. The number of pyridine rings is 1. The molecule has 0 N–H and O–H groups in total. The molecular weight excluding hydrogens is 218 g/mol. The number of allylic oxidation sites excluding steroid dienone is 2. The van der Waals surface area contributed by atoms with Crippen molar-refractivity contribution >= 4 is 0 Å². The van der Waals surface area contributed by atoms with Gasteiger partial charge in [-0.05, 0) is 37.1 Å². The molecule has 1 aliphatic heterocycles. The van der Waals surface area contributed by atoms with E-state index in [0.717, 1.165) is 6.54 Å². The van der Waals surface area contributed by atoms with Crippen molar-refractivity contribution in [3.05, 3.63) is 65.4 Å². The predicted molar refractivity (Wildman–Crippen MR) is 72.4 cm³/mol. The highest BCUT2D eigenvalue weighted by atomic mass is 15.0. The van der Waals surface area contributed by atoms with Gasteiger partial charge in [0.05, 0.1) is 5.56 Å². The van der Waals surface area contributed by atoms with Crippen LogP contribution in [0.5, 0.6) is 0 Å². The van der Waals surface area contributed by atoms with Crippen LogP contribution in [-0.4, -0.2) is 0 Å². The highest BCUT2D eigenvalue weighted by Crippen LogP contribution is 2.40. The summed E-state index contributed by atoms with van der Waals surface area (Å²) in [6, 6.07) is 11.4. The van der Waals surface area contributed by atoms with Gasteiger partial charge in [-0.1, -0.05) is 18.2 Å². The Labute approximate surface area is 107 Å². The van der Waals surface area contributed by atoms with E-state index >= 15 is 0 Å². The number of hydrogen-bond donors (Lipinski definition) is 0. The van der Waals surface area contributed by atoms with Gasteiger partial charge in [-0.15, -0.1) is 0 Å². The van der Waals surface area contributed by atoms with E-state index < -0.39 is 0 Å². The second-order valence-corrected chi connectivity index (χ2v) is 5.71. The molecule has 2 aliphatic rings. The zero-order valence-corrected chi connectivity index (χ0v) is 10.8. The second-order valence-electron chi connectivity index (χ2n) is 5.71. The maximum absolute atomic E-state index is 2.37. The predicted octanol–water partition coefficient (Wildman–Crippen LogP) is 3.14. The minimum atomic E-state index is 0.227. The first-order chi connectivity index (χ1) is 8.66. The van der Waals surface area contributed by atoms with E-state index in [1.54, 1.807) is 0 Å². The van der Waals surface area contributed by atoms with Gasteiger partial charge in [0.25, 0.3) is 0 Å². The molecule has 0 amide bonds. The Kier molecular flexibility index (Phi) is 1.74. The quantitative estimate of drug-likeness (QED) is 0.450. The van der Waals surface area contributed by atoms with Crippen molar-refractivity contribution in [2.45, 2.75) is 25.8 Å². The van der Waals surface area contributed by atoms with Crippen molar-refractivity contribution in [1.29, 1.82) is 0 Å². The average Bonchev–Trinajstić information content (AvgIpc) is 3.01. The molecule has 0 saturated carbocycles. The van der Waals surface area contributed by atoms with Gasteiger partial charge in [-0.2, -0.15) is 4.57 Å². The van der Waals surface area contributed by atoms with Gasteiger partial charge >= 0.3 is 0 Å². The zero-order chi connectivity index (χ0) is 12.3. The maximum Gasteiger partial charge on any atom is 0.213 e. The highest BCUT2D eigenvalue weighted by Gasteiger charge is 2.33. The molecule has 4 rings (SSSR count). The second kappa shape index (κ2) is 3.11. The molecule has 2 aromatic rings. The molecule has 18 heavy (non-hydrogen) atoms. The zero-order valence-electron chi connectivity index (χ0n) is 10.8. The molecule has 0 fully saturated rings. The van der Waals surface area contributed by atoms with Gasteiger partial charge in [0.1, 0.15) is 0 Å². The Bertz CT molecular complexity index is 689. The number of nitrogens with zero attached hydrogens (tertiary/aromatic N) is 1. The summed E-state index contributed by atoms with van der Waals surface area (Å²) >= 11 is 0. The lowest BCUT2D eigenvalue weighted by molar-refractivity contribution is -0.672. The monoisotopic (exact) mass is 234 g/mol. The molecule has 1 aromatic heterocycles. The first kappa shape index (κ1) is 10.1. The molecule has 1 heteroatoms. The Balaban J connectivity index is 1.86. The Morgan fingerprint density at radius 1 is 1.11 bits per heavy atom. The minimum Gasteiger partial charge on any atom is -0.194 e. The molecule has 1 aromatic carbocycles. The first-order valence-corrected chi connectivity index (χ1v) is 6.50. The molecule has 88 valence electrons. The number of rotatable bonds is 1. The maximum atomic E-state index is 2.37. The van der Waals surface area contributed by atoms with Crippen molar-refractivity contribution in [1.82, 2.24) is 0 Å². The summed E-state index contributed by atoms with van der Waals surface area (Å²) in [5.41, 5.74) is 7.18. The van der Waals surface area contributed by atoms with Crippen LogP contribution in [0.3, 0.4) is 0 Å². The van der Waals surface area contributed by atoms with E-state index in [2.05, 4.69) is 67.1 Å². The number of fused-ring (bicyclic) bond motifs is 3. The topological polar surface area (TPSA) is 3.88 Å². The van der Waals surface area contributed by atoms with E-state index in [4.69, 9.17) is 0 Å². The number of aromatic nitrogens is 1. The SMILES string of the molecule is Cc1cc[n+]2c(c1)-c1ccc(C3(C)C=C3)cc1C2. The fourth-order valence-corrected chi connectivity index (χ4v) is 2.82. The fourth-order valence-electron chi connectivity index (χ4n) is 2.82. The molecule has 1 nitrogen and oxygen atoms in total. The third-order valence-electron chi connectivity index (χ3n) is 4.20. The molecule has 0 atom stereocenters. The standard InChI is InChI=1S/C17H16N/c1-12-5-8-18-11-13-10-14(17(2)6-7-17)3-4-15(13)16(18)9-12/h3-10H,11H2,1-2H3/q+1. The van der Waals surface area contributed by atoms with Crippen molar-refractivity contribution in [3.8, 4) is 11.3 Å². The van der Waals surface area contributed by atoms with Crippen molar-refractivity contribution in [2.24, 2.45) is 0 Å². The number of aryl methyl sites for hydroxylation is 1. The summed E-state index contributed by atoms with van der Waals surface area (Å²) in [4.78, 5) is 0. The van der Waals surface area contributed by atoms with Gasteiger partial charge in [0.15, 0.2) is 12.7 Å². The van der Waals surface area contributed by atoms with Crippen LogP contribution in [0.15, 0.2) is 48.7 Å². The molecule has 1 aliphatic carbocycles.